The number of benzene rings is 1. The number of hydrogen-bond donors (Lipinski definition) is 2. The molecule has 0 saturated carbocycles. The van der Waals surface area contributed by atoms with E-state index in [1.54, 1.807) is 18.2 Å². The molecule has 12 nitrogen and oxygen atoms in total. The lowest BCUT2D eigenvalue weighted by atomic mass is 9.93. The van der Waals surface area contributed by atoms with Crippen molar-refractivity contribution in [2.24, 2.45) is 5.41 Å². The number of amides is 2. The molecule has 0 spiro atoms. The fourth-order valence-corrected chi connectivity index (χ4v) is 2.43. The molecule has 12 heteroatoms. The summed E-state index contributed by atoms with van der Waals surface area (Å²) in [6.45, 7) is 9.90. The van der Waals surface area contributed by atoms with Crippen LogP contribution in [0.5, 0.6) is 0 Å². The monoisotopic (exact) mass is 546 g/mol. The van der Waals surface area contributed by atoms with Crippen molar-refractivity contribution in [1.82, 2.24) is 10.6 Å². The molecular formula is C27H34N2O10. The highest BCUT2D eigenvalue weighted by Crippen LogP contribution is 2.21. The Morgan fingerprint density at radius 1 is 0.795 bits per heavy atom. The van der Waals surface area contributed by atoms with Crippen LogP contribution in [0.1, 0.15) is 26.3 Å². The Morgan fingerprint density at radius 3 is 1.69 bits per heavy atom. The van der Waals surface area contributed by atoms with Crippen molar-refractivity contribution >= 4 is 36.2 Å². The fourth-order valence-electron chi connectivity index (χ4n) is 2.43. The second-order valence-electron chi connectivity index (χ2n) is 8.52. The van der Waals surface area contributed by atoms with E-state index in [0.29, 0.717) is 0 Å². The van der Waals surface area contributed by atoms with Gasteiger partial charge < -0.3 is 34.3 Å². The number of alkyl carbamates (subject to hydrolysis) is 2. The summed E-state index contributed by atoms with van der Waals surface area (Å²) in [6, 6.07) is 9.05. The first-order valence-corrected chi connectivity index (χ1v) is 11.8. The summed E-state index contributed by atoms with van der Waals surface area (Å²) in [5.74, 6) is -2.04. The Balaban J connectivity index is 2.67. The minimum absolute atomic E-state index is 0.0479. The Bertz CT molecular complexity index is 1020. The molecular weight excluding hydrogens is 512 g/mol. The van der Waals surface area contributed by atoms with Gasteiger partial charge in [0, 0.05) is 11.1 Å². The molecule has 2 N–H and O–H groups in total. The molecule has 0 aliphatic heterocycles. The summed E-state index contributed by atoms with van der Waals surface area (Å²) in [4.78, 5) is 59.7. The zero-order valence-electron chi connectivity index (χ0n) is 22.3. The van der Waals surface area contributed by atoms with Gasteiger partial charge in [-0.3, -0.25) is 4.79 Å². The smallest absolute Gasteiger partial charge is 0.407 e. The predicted octanol–water partition coefficient (Wildman–Crippen LogP) is 2.90. The fraction of sp³-hybridized carbons (Fsp3) is 0.370. The summed E-state index contributed by atoms with van der Waals surface area (Å²) in [5.41, 5.74) is -0.387. The first kappa shape index (κ1) is 32.4. The van der Waals surface area contributed by atoms with Crippen LogP contribution in [-0.4, -0.2) is 69.6 Å². The highest BCUT2D eigenvalue weighted by Gasteiger charge is 2.38. The van der Waals surface area contributed by atoms with Crippen molar-refractivity contribution in [3.63, 3.8) is 0 Å². The number of ether oxygens (including phenoxy) is 5. The highest BCUT2D eigenvalue weighted by atomic mass is 16.6. The molecule has 0 heterocycles. The molecule has 0 aliphatic carbocycles. The molecule has 2 amide bonds. The largest absolute Gasteiger partial charge is 0.460 e. The van der Waals surface area contributed by atoms with Crippen LogP contribution >= 0.6 is 0 Å². The zero-order valence-corrected chi connectivity index (χ0v) is 22.3. The second-order valence-corrected chi connectivity index (χ2v) is 8.52. The molecule has 0 fully saturated rings. The third-order valence-corrected chi connectivity index (χ3v) is 4.68. The van der Waals surface area contributed by atoms with E-state index in [0.717, 1.165) is 5.56 Å². The van der Waals surface area contributed by atoms with Crippen molar-refractivity contribution < 1.29 is 47.7 Å². The maximum atomic E-state index is 12.9. The van der Waals surface area contributed by atoms with Crippen molar-refractivity contribution in [3.05, 3.63) is 66.5 Å². The minimum Gasteiger partial charge on any atom is -0.460 e. The molecule has 0 aliphatic rings. The number of carbonyl (C=O) groups excluding carboxylic acids is 5. The van der Waals surface area contributed by atoms with E-state index in [9.17, 15) is 24.0 Å². The lowest BCUT2D eigenvalue weighted by molar-refractivity contribution is -0.154. The first-order valence-electron chi connectivity index (χ1n) is 11.8. The van der Waals surface area contributed by atoms with E-state index in [2.05, 4.69) is 23.8 Å². The predicted molar refractivity (Wildman–Crippen MR) is 140 cm³/mol. The lowest BCUT2D eigenvalue weighted by Crippen LogP contribution is -2.42. The van der Waals surface area contributed by atoms with E-state index in [1.807, 2.05) is 18.2 Å². The number of rotatable bonds is 15. The van der Waals surface area contributed by atoms with E-state index in [1.165, 1.54) is 27.0 Å². The molecule has 0 atom stereocenters. The summed E-state index contributed by atoms with van der Waals surface area (Å²) in [5, 5.41) is 4.73. The van der Waals surface area contributed by atoms with Crippen molar-refractivity contribution in [3.8, 4) is 0 Å². The number of nitrogens with one attached hydrogen (secondary N) is 2. The first-order chi connectivity index (χ1) is 18.4. The number of hydrogen-bond acceptors (Lipinski definition) is 10. The third kappa shape index (κ3) is 13.5. The molecule has 212 valence electrons. The van der Waals surface area contributed by atoms with Gasteiger partial charge in [-0.2, -0.15) is 0 Å². The van der Waals surface area contributed by atoms with Crippen LogP contribution in [0.25, 0.3) is 6.08 Å². The van der Waals surface area contributed by atoms with Crippen LogP contribution in [0.2, 0.25) is 0 Å². The van der Waals surface area contributed by atoms with E-state index >= 15 is 0 Å². The summed E-state index contributed by atoms with van der Waals surface area (Å²) in [7, 11) is 0. The van der Waals surface area contributed by atoms with Gasteiger partial charge in [0.15, 0.2) is 0 Å². The average molecular weight is 547 g/mol. The molecule has 1 aromatic rings. The van der Waals surface area contributed by atoms with Gasteiger partial charge >= 0.3 is 30.1 Å². The lowest BCUT2D eigenvalue weighted by Gasteiger charge is -2.25. The van der Waals surface area contributed by atoms with E-state index < -0.39 is 48.7 Å². The maximum absolute atomic E-state index is 12.9. The summed E-state index contributed by atoms with van der Waals surface area (Å²) >= 11 is 0. The molecule has 39 heavy (non-hydrogen) atoms. The summed E-state index contributed by atoms with van der Waals surface area (Å²) in [6.07, 6.45) is 0.924. The van der Waals surface area contributed by atoms with Gasteiger partial charge in [-0.15, -0.1) is 0 Å². The third-order valence-electron chi connectivity index (χ3n) is 4.68. The van der Waals surface area contributed by atoms with Crippen LogP contribution in [0, 0.1) is 5.41 Å². The van der Waals surface area contributed by atoms with Gasteiger partial charge in [0.1, 0.15) is 31.8 Å². The topological polar surface area (TPSA) is 156 Å². The van der Waals surface area contributed by atoms with Gasteiger partial charge in [0.2, 0.25) is 0 Å². The Labute approximate surface area is 227 Å². The normalized spacial score (nSPS) is 10.6. The molecule has 0 saturated heterocycles. The highest BCUT2D eigenvalue weighted by molar-refractivity contribution is 5.87. The van der Waals surface area contributed by atoms with Crippen molar-refractivity contribution in [2.45, 2.75) is 20.8 Å². The SMILES string of the molecule is C=C(C)C(=O)OCCNC(=O)OCC(C)(COC(=O)NCCOC(=O)C(=C)C)C(=O)OC=Cc1ccccc1. The molecule has 0 unspecified atom stereocenters. The second kappa shape index (κ2) is 17.0. The number of esters is 3. The molecule has 0 aromatic heterocycles. The number of carbonyl (C=O) groups is 5. The minimum atomic E-state index is -1.59. The molecule has 0 radical (unpaired) electrons. The van der Waals surface area contributed by atoms with Gasteiger partial charge in [-0.25, -0.2) is 19.2 Å². The van der Waals surface area contributed by atoms with E-state index in [-0.39, 0.29) is 37.4 Å². The van der Waals surface area contributed by atoms with Crippen LogP contribution < -0.4 is 10.6 Å². The van der Waals surface area contributed by atoms with Crippen LogP contribution in [-0.2, 0) is 38.1 Å². The van der Waals surface area contributed by atoms with Gasteiger partial charge in [-0.1, -0.05) is 43.5 Å². The Hall–Kier alpha value is -4.61. The standard InChI is InChI=1S/C27H34N2O10/c1-19(2)22(30)35-15-12-28-25(33)38-17-27(5,24(32)37-14-11-21-9-7-6-8-10-21)18-39-26(34)29-13-16-36-23(31)20(3)4/h6-11,14H,1,3,12-13,15-18H2,2,4-5H3,(H,28,33)(H,29,34). The average Bonchev–Trinajstić information content (AvgIpc) is 2.91. The van der Waals surface area contributed by atoms with E-state index in [4.69, 9.17) is 23.7 Å². The van der Waals surface area contributed by atoms with Crippen LogP contribution in [0.3, 0.4) is 0 Å². The molecule has 1 aromatic carbocycles. The summed E-state index contributed by atoms with van der Waals surface area (Å²) < 4.78 is 25.2. The maximum Gasteiger partial charge on any atom is 0.407 e. The Kier molecular flexibility index (Phi) is 14.1. The van der Waals surface area contributed by atoms with Gasteiger partial charge in [-0.05, 0) is 32.4 Å². The van der Waals surface area contributed by atoms with Crippen LogP contribution in [0.15, 0.2) is 60.9 Å². The van der Waals surface area contributed by atoms with Gasteiger partial charge in [0.25, 0.3) is 0 Å². The zero-order chi connectivity index (χ0) is 29.3. The van der Waals surface area contributed by atoms with Crippen molar-refractivity contribution in [2.75, 3.05) is 39.5 Å². The van der Waals surface area contributed by atoms with Crippen LogP contribution in [0.4, 0.5) is 9.59 Å². The molecule has 1 rings (SSSR count). The van der Waals surface area contributed by atoms with Gasteiger partial charge in [0.05, 0.1) is 19.4 Å². The Morgan fingerprint density at radius 2 is 1.26 bits per heavy atom. The van der Waals surface area contributed by atoms with Crippen molar-refractivity contribution in [1.29, 1.82) is 0 Å². The molecule has 0 bridgehead atoms. The quantitative estimate of drug-likeness (QED) is 0.110.